The van der Waals surface area contributed by atoms with E-state index in [1.807, 2.05) is 6.92 Å². The average molecular weight is 544 g/mol. The van der Waals surface area contributed by atoms with E-state index in [-0.39, 0.29) is 46.7 Å². The summed E-state index contributed by atoms with van der Waals surface area (Å²) in [5.74, 6) is 0.877. The minimum absolute atomic E-state index is 0.0335. The summed E-state index contributed by atoms with van der Waals surface area (Å²) in [7, 11) is -1.69. The number of ether oxygens (including phenoxy) is 1. The Morgan fingerprint density at radius 3 is 2.50 bits per heavy atom. The summed E-state index contributed by atoms with van der Waals surface area (Å²) in [6, 6.07) is 12.6. The fourth-order valence-corrected chi connectivity index (χ4v) is 6.58. The van der Waals surface area contributed by atoms with Crippen LogP contribution in [0.1, 0.15) is 56.3 Å². The van der Waals surface area contributed by atoms with Crippen LogP contribution >= 0.6 is 0 Å². The van der Waals surface area contributed by atoms with Crippen molar-refractivity contribution in [2.75, 3.05) is 38.0 Å². The van der Waals surface area contributed by atoms with Gasteiger partial charge in [-0.15, -0.1) is 0 Å². The molecule has 0 saturated heterocycles. The molecule has 2 N–H and O–H groups in total. The third-order valence-electron chi connectivity index (χ3n) is 7.76. The zero-order chi connectivity index (χ0) is 27.3. The standard InChI is InChI=1S/C29H41N3O5S/c1-21-17-32(22(2)20-33)29(34)26-16-24(30-38(35,36)25-12-8-5-9-13-25)14-15-27(26)37-28(21)19-31(3)18-23-10-6-4-7-11-23/h5,8-9,12-16,21-23,28,30,33H,4,6-7,10-11,17-20H2,1-3H3/t21-,22+,28+/m0/s1. The molecule has 2 aromatic rings. The van der Waals surface area contributed by atoms with E-state index in [2.05, 4.69) is 23.6 Å². The SMILES string of the molecule is C[C@H](CO)N1C[C@H](C)[C@@H](CN(C)CC2CCCCC2)Oc2ccc(NS(=O)(=O)c3ccccc3)cc2C1=O. The molecular formula is C29H41N3O5S. The predicted octanol–water partition coefficient (Wildman–Crippen LogP) is 4.22. The van der Waals surface area contributed by atoms with Crippen molar-refractivity contribution in [3.63, 3.8) is 0 Å². The molecule has 1 saturated carbocycles. The van der Waals surface area contributed by atoms with Gasteiger partial charge in [0.25, 0.3) is 15.9 Å². The van der Waals surface area contributed by atoms with Gasteiger partial charge in [-0.25, -0.2) is 8.42 Å². The topological polar surface area (TPSA) is 99.2 Å². The second kappa shape index (κ2) is 12.5. The van der Waals surface area contributed by atoms with Gasteiger partial charge in [-0.3, -0.25) is 9.52 Å². The van der Waals surface area contributed by atoms with Crippen molar-refractivity contribution < 1.29 is 23.1 Å². The van der Waals surface area contributed by atoms with E-state index in [1.54, 1.807) is 35.2 Å². The molecule has 1 aliphatic heterocycles. The van der Waals surface area contributed by atoms with Crippen molar-refractivity contribution in [2.45, 2.75) is 63.0 Å². The number of fused-ring (bicyclic) bond motifs is 1. The Balaban J connectivity index is 1.60. The molecule has 2 aliphatic rings. The average Bonchev–Trinajstić information content (AvgIpc) is 2.91. The van der Waals surface area contributed by atoms with Crippen LogP contribution in [0.3, 0.4) is 0 Å². The van der Waals surface area contributed by atoms with Crippen LogP contribution < -0.4 is 9.46 Å². The van der Waals surface area contributed by atoms with Crippen molar-refractivity contribution in [3.8, 4) is 5.75 Å². The number of anilines is 1. The lowest BCUT2D eigenvalue weighted by Gasteiger charge is -2.38. The van der Waals surface area contributed by atoms with Crippen LogP contribution in [0.25, 0.3) is 0 Å². The number of sulfonamides is 1. The van der Waals surface area contributed by atoms with Gasteiger partial charge in [-0.2, -0.15) is 0 Å². The number of nitrogens with zero attached hydrogens (tertiary/aromatic N) is 2. The molecule has 0 bridgehead atoms. The minimum Gasteiger partial charge on any atom is -0.488 e. The first-order valence-electron chi connectivity index (χ1n) is 13.7. The van der Waals surface area contributed by atoms with Crippen molar-refractivity contribution in [2.24, 2.45) is 11.8 Å². The minimum atomic E-state index is -3.82. The van der Waals surface area contributed by atoms with E-state index in [0.717, 1.165) is 13.1 Å². The number of amides is 1. The highest BCUT2D eigenvalue weighted by Crippen LogP contribution is 2.32. The molecule has 3 atom stereocenters. The Hall–Kier alpha value is -2.62. The Morgan fingerprint density at radius 1 is 1.11 bits per heavy atom. The van der Waals surface area contributed by atoms with Crippen LogP contribution in [0, 0.1) is 11.8 Å². The third kappa shape index (κ3) is 6.87. The van der Waals surface area contributed by atoms with Gasteiger partial charge in [0.15, 0.2) is 0 Å². The van der Waals surface area contributed by atoms with Gasteiger partial charge in [0.2, 0.25) is 0 Å². The van der Waals surface area contributed by atoms with E-state index >= 15 is 0 Å². The van der Waals surface area contributed by atoms with Crippen LogP contribution in [0.2, 0.25) is 0 Å². The molecule has 0 spiro atoms. The zero-order valence-electron chi connectivity index (χ0n) is 22.7. The maximum Gasteiger partial charge on any atom is 0.261 e. The molecule has 1 amide bonds. The van der Waals surface area contributed by atoms with Gasteiger partial charge in [0.1, 0.15) is 11.9 Å². The molecule has 1 heterocycles. The third-order valence-corrected chi connectivity index (χ3v) is 9.15. The fraction of sp³-hybridized carbons (Fsp3) is 0.552. The summed E-state index contributed by atoms with van der Waals surface area (Å²) in [6.07, 6.45) is 6.30. The van der Waals surface area contributed by atoms with Crippen molar-refractivity contribution in [1.82, 2.24) is 9.80 Å². The van der Waals surface area contributed by atoms with E-state index < -0.39 is 10.0 Å². The van der Waals surface area contributed by atoms with Gasteiger partial charge in [-0.1, -0.05) is 44.4 Å². The van der Waals surface area contributed by atoms with Crippen LogP contribution in [0.4, 0.5) is 5.69 Å². The number of carbonyl (C=O) groups is 1. The number of rotatable bonds is 9. The molecule has 1 aliphatic carbocycles. The first-order valence-corrected chi connectivity index (χ1v) is 15.1. The van der Waals surface area contributed by atoms with Gasteiger partial charge < -0.3 is 19.6 Å². The van der Waals surface area contributed by atoms with Crippen molar-refractivity contribution in [3.05, 3.63) is 54.1 Å². The maximum absolute atomic E-state index is 13.7. The molecule has 0 radical (unpaired) electrons. The summed E-state index contributed by atoms with van der Waals surface area (Å²) in [5, 5.41) is 9.90. The van der Waals surface area contributed by atoms with E-state index in [9.17, 15) is 18.3 Å². The number of carbonyl (C=O) groups excluding carboxylic acids is 1. The summed E-state index contributed by atoms with van der Waals surface area (Å²) in [6.45, 7) is 5.91. The summed E-state index contributed by atoms with van der Waals surface area (Å²) in [5.41, 5.74) is 0.561. The Bertz CT molecular complexity index is 1180. The monoisotopic (exact) mass is 543 g/mol. The van der Waals surface area contributed by atoms with Crippen LogP contribution in [0.15, 0.2) is 53.4 Å². The predicted molar refractivity (Wildman–Crippen MR) is 149 cm³/mol. The van der Waals surface area contributed by atoms with Gasteiger partial charge in [-0.05, 0) is 63.1 Å². The molecule has 208 valence electrons. The molecule has 2 aromatic carbocycles. The lowest BCUT2D eigenvalue weighted by Crippen LogP contribution is -2.50. The van der Waals surface area contributed by atoms with Gasteiger partial charge >= 0.3 is 0 Å². The van der Waals surface area contributed by atoms with E-state index in [4.69, 9.17) is 4.74 Å². The van der Waals surface area contributed by atoms with Gasteiger partial charge in [0.05, 0.1) is 23.1 Å². The fourth-order valence-electron chi connectivity index (χ4n) is 5.51. The molecule has 0 aromatic heterocycles. The Kier molecular flexibility index (Phi) is 9.33. The smallest absolute Gasteiger partial charge is 0.261 e. The highest BCUT2D eigenvalue weighted by Gasteiger charge is 2.34. The second-order valence-electron chi connectivity index (χ2n) is 11.0. The number of likely N-dealkylation sites (N-methyl/N-ethyl adjacent to an activating group) is 1. The Labute approximate surface area is 227 Å². The summed E-state index contributed by atoms with van der Waals surface area (Å²) in [4.78, 5) is 17.8. The van der Waals surface area contributed by atoms with Crippen LogP contribution in [-0.4, -0.2) is 74.7 Å². The molecule has 0 unspecified atom stereocenters. The second-order valence-corrected chi connectivity index (χ2v) is 12.7. The van der Waals surface area contributed by atoms with Crippen LogP contribution in [0.5, 0.6) is 5.75 Å². The zero-order valence-corrected chi connectivity index (χ0v) is 23.5. The molecule has 4 rings (SSSR count). The molecule has 38 heavy (non-hydrogen) atoms. The first-order chi connectivity index (χ1) is 18.2. The summed E-state index contributed by atoms with van der Waals surface area (Å²) < 4.78 is 34.9. The number of aliphatic hydroxyl groups excluding tert-OH is 1. The quantitative estimate of drug-likeness (QED) is 0.491. The number of hydrogen-bond acceptors (Lipinski definition) is 6. The summed E-state index contributed by atoms with van der Waals surface area (Å²) >= 11 is 0. The highest BCUT2D eigenvalue weighted by atomic mass is 32.2. The molecule has 1 fully saturated rings. The van der Waals surface area contributed by atoms with Gasteiger partial charge in [0, 0.05) is 31.2 Å². The maximum atomic E-state index is 13.7. The number of aliphatic hydroxyl groups is 1. The highest BCUT2D eigenvalue weighted by molar-refractivity contribution is 7.92. The number of hydrogen-bond donors (Lipinski definition) is 2. The first kappa shape index (κ1) is 28.4. The lowest BCUT2D eigenvalue weighted by molar-refractivity contribution is 0.0330. The molecule has 9 heteroatoms. The number of nitrogens with one attached hydrogen (secondary N) is 1. The lowest BCUT2D eigenvalue weighted by atomic mass is 9.89. The van der Waals surface area contributed by atoms with Crippen molar-refractivity contribution in [1.29, 1.82) is 0 Å². The van der Waals surface area contributed by atoms with E-state index in [0.29, 0.717) is 18.2 Å². The largest absolute Gasteiger partial charge is 0.488 e. The normalized spacial score (nSPS) is 21.8. The Morgan fingerprint density at radius 2 is 1.82 bits per heavy atom. The van der Waals surface area contributed by atoms with Crippen LogP contribution in [-0.2, 0) is 10.0 Å². The molecule has 8 nitrogen and oxygen atoms in total. The molecular weight excluding hydrogens is 502 g/mol. The van der Waals surface area contributed by atoms with Crippen molar-refractivity contribution >= 4 is 21.6 Å². The van der Waals surface area contributed by atoms with E-state index in [1.165, 1.54) is 50.3 Å². The number of benzene rings is 2.